The third-order valence-corrected chi connectivity index (χ3v) is 2.69. The minimum Gasteiger partial charge on any atom is -0.465 e. The first kappa shape index (κ1) is 6.91. The van der Waals surface area contributed by atoms with Crippen molar-refractivity contribution in [2.24, 2.45) is 5.92 Å². The molecule has 0 radical (unpaired) electrons. The molecular formula is C7H11NO3. The molecule has 0 aromatic heterocycles. The van der Waals surface area contributed by atoms with Gasteiger partial charge in [0.25, 0.3) is 0 Å². The fourth-order valence-corrected chi connectivity index (χ4v) is 2.21. The maximum atomic E-state index is 10.6. The van der Waals surface area contributed by atoms with Crippen LogP contribution in [0.2, 0.25) is 0 Å². The van der Waals surface area contributed by atoms with E-state index < -0.39 is 12.2 Å². The summed E-state index contributed by atoms with van der Waals surface area (Å²) in [4.78, 5) is 11.9. The zero-order valence-corrected chi connectivity index (χ0v) is 6.10. The first-order chi connectivity index (χ1) is 5.18. The Morgan fingerprint density at radius 3 is 2.55 bits per heavy atom. The van der Waals surface area contributed by atoms with Crippen molar-refractivity contribution in [2.45, 2.75) is 25.0 Å². The van der Waals surface area contributed by atoms with Crippen molar-refractivity contribution in [1.82, 2.24) is 4.90 Å². The Kier molecular flexibility index (Phi) is 1.32. The van der Waals surface area contributed by atoms with Crippen molar-refractivity contribution < 1.29 is 15.0 Å². The zero-order valence-electron chi connectivity index (χ0n) is 6.10. The normalized spacial score (nSPS) is 41.5. The van der Waals surface area contributed by atoms with Crippen LogP contribution in [0.1, 0.15) is 12.8 Å². The summed E-state index contributed by atoms with van der Waals surface area (Å²) in [7, 11) is 0. The van der Waals surface area contributed by atoms with E-state index in [2.05, 4.69) is 0 Å². The van der Waals surface area contributed by atoms with E-state index >= 15 is 0 Å². The van der Waals surface area contributed by atoms with Crippen molar-refractivity contribution >= 4 is 6.09 Å². The molecule has 3 atom stereocenters. The molecule has 1 aliphatic carbocycles. The number of carbonyl (C=O) groups is 1. The number of hydrogen-bond donors (Lipinski definition) is 2. The minimum absolute atomic E-state index is 0.113. The summed E-state index contributed by atoms with van der Waals surface area (Å²) in [6, 6.07) is -0.113. The van der Waals surface area contributed by atoms with Gasteiger partial charge < -0.3 is 15.1 Å². The van der Waals surface area contributed by atoms with Gasteiger partial charge >= 0.3 is 6.09 Å². The van der Waals surface area contributed by atoms with E-state index in [0.29, 0.717) is 12.5 Å². The molecule has 1 aliphatic heterocycles. The lowest BCUT2D eigenvalue weighted by Gasteiger charge is -2.27. The molecule has 0 aromatic rings. The van der Waals surface area contributed by atoms with Gasteiger partial charge in [-0.3, -0.25) is 0 Å². The molecule has 2 bridgehead atoms. The standard InChI is InChI=1S/C7H11NO3/c9-6-2-4-1-5(6)8(3-4)7(10)11/h4-6,9H,1-3H2,(H,10,11)/t4?,5?,6-/m0/s1. The van der Waals surface area contributed by atoms with E-state index in [4.69, 9.17) is 5.11 Å². The summed E-state index contributed by atoms with van der Waals surface area (Å²) in [5.74, 6) is 0.408. The summed E-state index contributed by atoms with van der Waals surface area (Å²) < 4.78 is 0. The lowest BCUT2D eigenvalue weighted by molar-refractivity contribution is 0.0550. The molecule has 2 aliphatic rings. The number of aliphatic hydroxyl groups excluding tert-OH is 1. The smallest absolute Gasteiger partial charge is 0.407 e. The van der Waals surface area contributed by atoms with Crippen LogP contribution in [0.25, 0.3) is 0 Å². The Hall–Kier alpha value is -0.770. The number of fused-ring (bicyclic) bond motifs is 2. The maximum absolute atomic E-state index is 10.6. The highest BCUT2D eigenvalue weighted by Gasteiger charge is 2.46. The van der Waals surface area contributed by atoms with E-state index in [1.807, 2.05) is 0 Å². The molecule has 11 heavy (non-hydrogen) atoms. The highest BCUT2D eigenvalue weighted by atomic mass is 16.4. The summed E-state index contributed by atoms with van der Waals surface area (Å²) in [6.45, 7) is 0.622. The van der Waals surface area contributed by atoms with Gasteiger partial charge in [0.1, 0.15) is 0 Å². The second-order valence-corrected chi connectivity index (χ2v) is 3.41. The van der Waals surface area contributed by atoms with Crippen LogP contribution in [-0.2, 0) is 0 Å². The van der Waals surface area contributed by atoms with Gasteiger partial charge in [-0.1, -0.05) is 0 Å². The molecule has 1 heterocycles. The Bertz CT molecular complexity index is 194. The lowest BCUT2D eigenvalue weighted by Crippen LogP contribution is -2.43. The van der Waals surface area contributed by atoms with Crippen molar-refractivity contribution in [3.8, 4) is 0 Å². The van der Waals surface area contributed by atoms with Crippen molar-refractivity contribution in [2.75, 3.05) is 6.54 Å². The first-order valence-corrected chi connectivity index (χ1v) is 3.86. The van der Waals surface area contributed by atoms with E-state index in [1.165, 1.54) is 4.90 Å². The minimum atomic E-state index is -0.892. The van der Waals surface area contributed by atoms with Crippen LogP contribution >= 0.6 is 0 Å². The van der Waals surface area contributed by atoms with Crippen LogP contribution in [0.5, 0.6) is 0 Å². The van der Waals surface area contributed by atoms with Gasteiger partial charge in [-0.2, -0.15) is 0 Å². The van der Waals surface area contributed by atoms with Gasteiger partial charge in [0.15, 0.2) is 0 Å². The molecule has 2 unspecified atom stereocenters. The van der Waals surface area contributed by atoms with Crippen molar-refractivity contribution in [3.05, 3.63) is 0 Å². The largest absolute Gasteiger partial charge is 0.465 e. The topological polar surface area (TPSA) is 60.8 Å². The average Bonchev–Trinajstić information content (AvgIpc) is 2.43. The Balaban J connectivity index is 2.12. The van der Waals surface area contributed by atoms with Crippen LogP contribution in [0.3, 0.4) is 0 Å². The fourth-order valence-electron chi connectivity index (χ4n) is 2.21. The molecule has 62 valence electrons. The van der Waals surface area contributed by atoms with Crippen LogP contribution in [0.4, 0.5) is 4.79 Å². The molecule has 2 fully saturated rings. The van der Waals surface area contributed by atoms with Crippen LogP contribution in [0.15, 0.2) is 0 Å². The number of likely N-dealkylation sites (tertiary alicyclic amines) is 1. The van der Waals surface area contributed by atoms with Gasteiger partial charge in [-0.05, 0) is 18.8 Å². The number of hydrogen-bond acceptors (Lipinski definition) is 2. The van der Waals surface area contributed by atoms with E-state index in [0.717, 1.165) is 12.8 Å². The Labute approximate surface area is 64.4 Å². The molecule has 2 N–H and O–H groups in total. The molecule has 0 aromatic carbocycles. The summed E-state index contributed by atoms with van der Waals surface area (Å²) in [5, 5.41) is 18.0. The van der Waals surface area contributed by atoms with Gasteiger partial charge in [-0.25, -0.2) is 4.79 Å². The van der Waals surface area contributed by atoms with E-state index in [1.54, 1.807) is 0 Å². The zero-order chi connectivity index (χ0) is 8.01. The number of rotatable bonds is 0. The van der Waals surface area contributed by atoms with E-state index in [-0.39, 0.29) is 6.04 Å². The molecule has 1 saturated heterocycles. The third kappa shape index (κ3) is 0.894. The van der Waals surface area contributed by atoms with Crippen molar-refractivity contribution in [1.29, 1.82) is 0 Å². The first-order valence-electron chi connectivity index (χ1n) is 3.86. The van der Waals surface area contributed by atoms with E-state index in [9.17, 15) is 9.90 Å². The van der Waals surface area contributed by atoms with Gasteiger partial charge in [-0.15, -0.1) is 0 Å². The maximum Gasteiger partial charge on any atom is 0.407 e. The van der Waals surface area contributed by atoms with Gasteiger partial charge in [0, 0.05) is 6.54 Å². The number of amides is 1. The van der Waals surface area contributed by atoms with Crippen LogP contribution in [0, 0.1) is 5.92 Å². The van der Waals surface area contributed by atoms with Gasteiger partial charge in [0.05, 0.1) is 12.1 Å². The second kappa shape index (κ2) is 2.11. The second-order valence-electron chi connectivity index (χ2n) is 3.41. The predicted molar refractivity (Wildman–Crippen MR) is 37.2 cm³/mol. The Morgan fingerprint density at radius 2 is 2.18 bits per heavy atom. The number of piperidine rings is 1. The molecule has 2 rings (SSSR count). The highest BCUT2D eigenvalue weighted by molar-refractivity contribution is 5.66. The molecule has 4 heteroatoms. The summed E-state index contributed by atoms with van der Waals surface area (Å²) in [5.41, 5.74) is 0. The molecule has 1 amide bonds. The summed E-state index contributed by atoms with van der Waals surface area (Å²) >= 11 is 0. The molecule has 0 spiro atoms. The predicted octanol–water partition coefficient (Wildman–Crippen LogP) is 0.119. The SMILES string of the molecule is O=C(O)N1CC2CC1[C@@H](O)C2. The van der Waals surface area contributed by atoms with Crippen molar-refractivity contribution in [3.63, 3.8) is 0 Å². The lowest BCUT2D eigenvalue weighted by atomic mass is 10.1. The van der Waals surface area contributed by atoms with Crippen LogP contribution < -0.4 is 0 Å². The summed E-state index contributed by atoms with van der Waals surface area (Å²) in [6.07, 6.45) is 0.336. The van der Waals surface area contributed by atoms with Gasteiger partial charge in [0.2, 0.25) is 0 Å². The van der Waals surface area contributed by atoms with Crippen LogP contribution in [-0.4, -0.2) is 39.9 Å². The monoisotopic (exact) mass is 157 g/mol. The number of aliphatic hydroxyl groups is 1. The fraction of sp³-hybridized carbons (Fsp3) is 0.857. The molecule has 1 saturated carbocycles. The molecular weight excluding hydrogens is 146 g/mol. The Morgan fingerprint density at radius 1 is 1.45 bits per heavy atom. The average molecular weight is 157 g/mol. The third-order valence-electron chi connectivity index (χ3n) is 2.69. The molecule has 4 nitrogen and oxygen atoms in total. The number of carboxylic acid groups (broad SMARTS) is 1. The quantitative estimate of drug-likeness (QED) is 0.525. The highest BCUT2D eigenvalue weighted by Crippen LogP contribution is 2.37. The number of nitrogens with zero attached hydrogens (tertiary/aromatic N) is 1.